The monoisotopic (exact) mass is 324 g/mol. The van der Waals surface area contributed by atoms with Gasteiger partial charge in [0, 0.05) is 10.6 Å². The standard InChI is InChI=1S/C14H13ClN2O3S/c1-7-3-4-9(15)5-10(7)13(18)16-6-11-17-8(2)12(21-11)14(19)20/h3-5H,6H2,1-2H3,(H,16,18)(H,19,20). The number of halogens is 1. The number of thiazole rings is 1. The molecule has 1 aromatic carbocycles. The smallest absolute Gasteiger partial charge is 0.347 e. The predicted molar refractivity (Wildman–Crippen MR) is 81.2 cm³/mol. The normalized spacial score (nSPS) is 10.4. The topological polar surface area (TPSA) is 79.3 Å². The molecule has 0 aliphatic carbocycles. The summed E-state index contributed by atoms with van der Waals surface area (Å²) in [6.45, 7) is 3.64. The van der Waals surface area contributed by atoms with Crippen molar-refractivity contribution in [1.82, 2.24) is 10.3 Å². The molecule has 0 bridgehead atoms. The second kappa shape index (κ2) is 6.24. The number of carbonyl (C=O) groups excluding carboxylic acids is 1. The molecule has 0 atom stereocenters. The first kappa shape index (κ1) is 15.5. The highest BCUT2D eigenvalue weighted by Crippen LogP contribution is 2.19. The number of carboxylic acids is 1. The number of amides is 1. The van der Waals surface area contributed by atoms with Crippen LogP contribution in [0.5, 0.6) is 0 Å². The van der Waals surface area contributed by atoms with E-state index in [9.17, 15) is 9.59 Å². The van der Waals surface area contributed by atoms with Gasteiger partial charge < -0.3 is 10.4 Å². The molecule has 0 spiro atoms. The number of hydrogen-bond donors (Lipinski definition) is 2. The van der Waals surface area contributed by atoms with E-state index in [1.165, 1.54) is 0 Å². The lowest BCUT2D eigenvalue weighted by Crippen LogP contribution is -2.23. The van der Waals surface area contributed by atoms with Crippen LogP contribution in [0.1, 0.15) is 36.3 Å². The second-order valence-electron chi connectivity index (χ2n) is 4.47. The van der Waals surface area contributed by atoms with Crippen molar-refractivity contribution in [1.29, 1.82) is 0 Å². The maximum absolute atomic E-state index is 12.1. The Hall–Kier alpha value is -1.92. The zero-order valence-corrected chi connectivity index (χ0v) is 13.0. The van der Waals surface area contributed by atoms with E-state index in [1.54, 1.807) is 25.1 Å². The van der Waals surface area contributed by atoms with Gasteiger partial charge in [-0.3, -0.25) is 4.79 Å². The van der Waals surface area contributed by atoms with Crippen molar-refractivity contribution in [3.63, 3.8) is 0 Å². The van der Waals surface area contributed by atoms with Crippen LogP contribution in [0, 0.1) is 13.8 Å². The number of hydrogen-bond acceptors (Lipinski definition) is 4. The molecule has 21 heavy (non-hydrogen) atoms. The molecule has 0 aliphatic heterocycles. The number of rotatable bonds is 4. The van der Waals surface area contributed by atoms with Gasteiger partial charge in [0.15, 0.2) is 0 Å². The molecule has 1 aromatic heterocycles. The number of nitrogens with zero attached hydrogens (tertiary/aromatic N) is 1. The van der Waals surface area contributed by atoms with E-state index in [2.05, 4.69) is 10.3 Å². The molecule has 110 valence electrons. The predicted octanol–water partition coefficient (Wildman–Crippen LogP) is 3.04. The summed E-state index contributed by atoms with van der Waals surface area (Å²) >= 11 is 6.94. The average molecular weight is 325 g/mol. The van der Waals surface area contributed by atoms with Gasteiger partial charge in [0.1, 0.15) is 9.88 Å². The van der Waals surface area contributed by atoms with E-state index >= 15 is 0 Å². The maximum atomic E-state index is 12.1. The molecule has 1 heterocycles. The molecule has 2 rings (SSSR count). The Morgan fingerprint density at radius 3 is 2.71 bits per heavy atom. The van der Waals surface area contributed by atoms with Crippen LogP contribution in [0.4, 0.5) is 0 Å². The fourth-order valence-electron chi connectivity index (χ4n) is 1.82. The molecule has 0 unspecified atom stereocenters. The van der Waals surface area contributed by atoms with Crippen molar-refractivity contribution < 1.29 is 14.7 Å². The summed E-state index contributed by atoms with van der Waals surface area (Å²) in [6.07, 6.45) is 0. The lowest BCUT2D eigenvalue weighted by atomic mass is 10.1. The number of aromatic carboxylic acids is 1. The summed E-state index contributed by atoms with van der Waals surface area (Å²) in [6, 6.07) is 5.09. The van der Waals surface area contributed by atoms with Crippen molar-refractivity contribution in [2.24, 2.45) is 0 Å². The highest BCUT2D eigenvalue weighted by Gasteiger charge is 2.15. The van der Waals surface area contributed by atoms with Crippen LogP contribution < -0.4 is 5.32 Å². The Kier molecular flexibility index (Phi) is 4.59. The first-order chi connectivity index (χ1) is 9.88. The Morgan fingerprint density at radius 2 is 2.10 bits per heavy atom. The van der Waals surface area contributed by atoms with Gasteiger partial charge in [-0.25, -0.2) is 9.78 Å². The molecule has 0 radical (unpaired) electrons. The van der Waals surface area contributed by atoms with Crippen molar-refractivity contribution in [3.8, 4) is 0 Å². The third-order valence-corrected chi connectivity index (χ3v) is 4.26. The van der Waals surface area contributed by atoms with Crippen LogP contribution in [-0.2, 0) is 6.54 Å². The third kappa shape index (κ3) is 3.59. The van der Waals surface area contributed by atoms with Gasteiger partial charge >= 0.3 is 5.97 Å². The van der Waals surface area contributed by atoms with Gasteiger partial charge in [-0.15, -0.1) is 11.3 Å². The summed E-state index contributed by atoms with van der Waals surface area (Å²) in [7, 11) is 0. The lowest BCUT2D eigenvalue weighted by Gasteiger charge is -2.06. The lowest BCUT2D eigenvalue weighted by molar-refractivity contribution is 0.0701. The number of benzene rings is 1. The molecular weight excluding hydrogens is 312 g/mol. The minimum Gasteiger partial charge on any atom is -0.477 e. The molecule has 1 amide bonds. The van der Waals surface area contributed by atoms with E-state index < -0.39 is 5.97 Å². The fourth-order valence-corrected chi connectivity index (χ4v) is 2.83. The van der Waals surface area contributed by atoms with Crippen molar-refractivity contribution in [3.05, 3.63) is 49.9 Å². The fraction of sp³-hybridized carbons (Fsp3) is 0.214. The highest BCUT2D eigenvalue weighted by atomic mass is 35.5. The Balaban J connectivity index is 2.09. The van der Waals surface area contributed by atoms with Crippen LogP contribution in [0.15, 0.2) is 18.2 Å². The maximum Gasteiger partial charge on any atom is 0.347 e. The molecule has 2 N–H and O–H groups in total. The molecule has 0 aliphatic rings. The Labute approximate surface area is 130 Å². The summed E-state index contributed by atoms with van der Waals surface area (Å²) in [5.41, 5.74) is 1.77. The molecule has 7 heteroatoms. The first-order valence-electron chi connectivity index (χ1n) is 6.12. The number of carboxylic acid groups (broad SMARTS) is 1. The molecule has 0 saturated heterocycles. The van der Waals surface area contributed by atoms with E-state index in [-0.39, 0.29) is 17.3 Å². The van der Waals surface area contributed by atoms with Gasteiger partial charge in [-0.1, -0.05) is 17.7 Å². The molecular formula is C14H13ClN2O3S. The number of carbonyl (C=O) groups is 2. The van der Waals surface area contributed by atoms with E-state index in [0.29, 0.717) is 21.3 Å². The minimum absolute atomic E-state index is 0.184. The SMILES string of the molecule is Cc1ccc(Cl)cc1C(=O)NCc1nc(C)c(C(=O)O)s1. The summed E-state index contributed by atoms with van der Waals surface area (Å²) in [5, 5.41) is 12.7. The Morgan fingerprint density at radius 1 is 1.38 bits per heavy atom. The van der Waals surface area contributed by atoms with Crippen LogP contribution in [0.3, 0.4) is 0 Å². The Bertz CT molecular complexity index is 712. The number of nitrogens with one attached hydrogen (secondary N) is 1. The number of aromatic nitrogens is 1. The summed E-state index contributed by atoms with van der Waals surface area (Å²) < 4.78 is 0. The molecule has 0 fully saturated rings. The molecule has 0 saturated carbocycles. The van der Waals surface area contributed by atoms with Gasteiger partial charge in [0.25, 0.3) is 5.91 Å². The summed E-state index contributed by atoms with van der Waals surface area (Å²) in [4.78, 5) is 27.4. The van der Waals surface area contributed by atoms with Crippen molar-refractivity contribution in [2.45, 2.75) is 20.4 Å². The van der Waals surface area contributed by atoms with E-state index in [1.807, 2.05) is 6.92 Å². The molecule has 5 nitrogen and oxygen atoms in total. The van der Waals surface area contributed by atoms with Crippen LogP contribution >= 0.6 is 22.9 Å². The van der Waals surface area contributed by atoms with Crippen LogP contribution in [-0.4, -0.2) is 22.0 Å². The highest BCUT2D eigenvalue weighted by molar-refractivity contribution is 7.13. The van der Waals surface area contributed by atoms with Gasteiger partial charge in [-0.05, 0) is 31.5 Å². The van der Waals surface area contributed by atoms with Crippen LogP contribution in [0.2, 0.25) is 5.02 Å². The first-order valence-corrected chi connectivity index (χ1v) is 7.32. The third-order valence-electron chi connectivity index (χ3n) is 2.88. The van der Waals surface area contributed by atoms with Gasteiger partial charge in [0.2, 0.25) is 0 Å². The van der Waals surface area contributed by atoms with Crippen molar-refractivity contribution >= 4 is 34.8 Å². The molecule has 2 aromatic rings. The largest absolute Gasteiger partial charge is 0.477 e. The second-order valence-corrected chi connectivity index (χ2v) is 5.99. The van der Waals surface area contributed by atoms with Gasteiger partial charge in [-0.2, -0.15) is 0 Å². The van der Waals surface area contributed by atoms with E-state index in [0.717, 1.165) is 16.9 Å². The van der Waals surface area contributed by atoms with Crippen molar-refractivity contribution in [2.75, 3.05) is 0 Å². The quantitative estimate of drug-likeness (QED) is 0.906. The average Bonchev–Trinajstić information content (AvgIpc) is 2.80. The number of aryl methyl sites for hydroxylation is 2. The van der Waals surface area contributed by atoms with Gasteiger partial charge in [0.05, 0.1) is 12.2 Å². The summed E-state index contributed by atoms with van der Waals surface area (Å²) in [5.74, 6) is -1.27. The van der Waals surface area contributed by atoms with E-state index in [4.69, 9.17) is 16.7 Å². The minimum atomic E-state index is -1.01. The van der Waals surface area contributed by atoms with Crippen LogP contribution in [0.25, 0.3) is 0 Å². The zero-order chi connectivity index (χ0) is 15.6. The zero-order valence-electron chi connectivity index (χ0n) is 11.4.